The molecule has 91 heavy (non-hydrogen) atoms. The fourth-order valence-corrected chi connectivity index (χ4v) is 14.6. The number of hydrogen-bond acceptors (Lipinski definition) is 3. The molecule has 0 aromatic carbocycles. The summed E-state index contributed by atoms with van der Waals surface area (Å²) >= 11 is 0. The van der Waals surface area contributed by atoms with Gasteiger partial charge < -0.3 is 28.5 Å². The minimum atomic E-state index is -2.92. The zero-order valence-corrected chi connectivity index (χ0v) is 66.1. The van der Waals surface area contributed by atoms with Gasteiger partial charge in [0.25, 0.3) is 0 Å². The Kier molecular flexibility index (Phi) is 87.9. The third kappa shape index (κ3) is 75.5. The van der Waals surface area contributed by atoms with Crippen LogP contribution in [0.15, 0.2) is 0 Å². The number of unbranched alkanes of at least 4 members (excludes halogenated alkanes) is 48. The monoisotopic (exact) mass is 1290 g/mol. The third-order valence-corrected chi connectivity index (χ3v) is 20.8. The Morgan fingerprint density at radius 1 is 0.132 bits per heavy atom. The molecule has 7 heteroatoms. The number of quaternary nitrogens is 3. The van der Waals surface area contributed by atoms with E-state index >= 15 is 0 Å². The second-order valence-electron chi connectivity index (χ2n) is 30.0. The van der Waals surface area contributed by atoms with Crippen LogP contribution in [0.2, 0.25) is 0 Å². The van der Waals surface area contributed by atoms with E-state index in [1.54, 1.807) is 0 Å². The van der Waals surface area contributed by atoms with Crippen LogP contribution in [0.5, 0.6) is 0 Å². The standard InChI is InChI=1S/3C28H60N.BO3/c3*1-5-9-13-17-21-25-29(26-22-18-14-10-6-2,27-23-19-15-11-7-3)28-24-20-16-12-8-4;2-1(3)4/h3*5-28H2,1-4H3;/q3*+1;-3. The summed E-state index contributed by atoms with van der Waals surface area (Å²) in [6, 6.07) is 0. The van der Waals surface area contributed by atoms with Crippen LogP contribution in [0, 0.1) is 0 Å². The highest BCUT2D eigenvalue weighted by molar-refractivity contribution is 6.24. The quantitative estimate of drug-likeness (QED) is 0.0346. The van der Waals surface area contributed by atoms with Crippen molar-refractivity contribution >= 4 is 7.32 Å². The van der Waals surface area contributed by atoms with Crippen molar-refractivity contribution in [2.45, 2.75) is 468 Å². The molecule has 0 aliphatic rings. The fraction of sp³-hybridized carbons (Fsp3) is 1.00. The maximum Gasteiger partial charge on any atom is 0.0786 e. The van der Waals surface area contributed by atoms with Gasteiger partial charge >= 0.3 is 0 Å². The van der Waals surface area contributed by atoms with E-state index in [1.807, 2.05) is 0 Å². The fourth-order valence-electron chi connectivity index (χ4n) is 14.6. The molecule has 0 fully saturated rings. The first-order valence-corrected chi connectivity index (χ1v) is 43.0. The minimum absolute atomic E-state index is 1.37. The van der Waals surface area contributed by atoms with Crippen molar-refractivity contribution in [1.82, 2.24) is 0 Å². The summed E-state index contributed by atoms with van der Waals surface area (Å²) in [7, 11) is -2.92. The molecule has 0 aliphatic carbocycles. The smallest absolute Gasteiger partial charge is 0.0786 e. The van der Waals surface area contributed by atoms with Crippen LogP contribution in [0.3, 0.4) is 0 Å². The van der Waals surface area contributed by atoms with Gasteiger partial charge in [0.05, 0.1) is 78.5 Å². The van der Waals surface area contributed by atoms with Crippen LogP contribution in [0.1, 0.15) is 468 Å². The van der Waals surface area contributed by atoms with E-state index in [9.17, 15) is 0 Å². The van der Waals surface area contributed by atoms with Gasteiger partial charge in [-0.3, -0.25) is 7.32 Å². The van der Waals surface area contributed by atoms with Crippen LogP contribution < -0.4 is 15.1 Å². The number of rotatable bonds is 72. The number of nitrogens with zero attached hydrogens (tertiary/aromatic N) is 3. The highest BCUT2D eigenvalue weighted by atomic mass is 16.5. The van der Waals surface area contributed by atoms with Crippen LogP contribution in [0.25, 0.3) is 0 Å². The second-order valence-corrected chi connectivity index (χ2v) is 30.0. The van der Waals surface area contributed by atoms with Crippen LogP contribution in [-0.2, 0) is 0 Å². The maximum absolute atomic E-state index is 8.42. The largest absolute Gasteiger partial charge is 0.907 e. The van der Waals surface area contributed by atoms with E-state index in [2.05, 4.69) is 83.1 Å². The van der Waals surface area contributed by atoms with E-state index in [-0.39, 0.29) is 0 Å². The van der Waals surface area contributed by atoms with E-state index in [0.717, 1.165) is 0 Å². The SMILES string of the molecule is CCCCCCC[N+](CCCCCCC)(CCCCCCC)CCCCCCC.CCCCCCC[N+](CCCCCCC)(CCCCCCC)CCCCCCC.CCCCCCC[N+](CCCCCCC)(CCCCCCC)CCCCCCC.[O-]B([O-])[O-]. The van der Waals surface area contributed by atoms with Gasteiger partial charge in [-0.05, 0) is 154 Å². The van der Waals surface area contributed by atoms with Crippen molar-refractivity contribution in [3.63, 3.8) is 0 Å². The van der Waals surface area contributed by atoms with Gasteiger partial charge in [0.15, 0.2) is 0 Å². The summed E-state index contributed by atoms with van der Waals surface area (Å²) in [5.41, 5.74) is 0. The van der Waals surface area contributed by atoms with Crippen molar-refractivity contribution in [3.8, 4) is 0 Å². The zero-order chi connectivity index (χ0) is 68.0. The third-order valence-electron chi connectivity index (χ3n) is 20.8. The summed E-state index contributed by atoms with van der Waals surface area (Å²) in [6.07, 6.45) is 86.4. The first-order chi connectivity index (χ1) is 44.5. The van der Waals surface area contributed by atoms with Gasteiger partial charge in [0, 0.05) is 0 Å². The lowest BCUT2D eigenvalue weighted by Crippen LogP contribution is -2.56. The lowest BCUT2D eigenvalue weighted by Gasteiger charge is -2.40. The Hall–Kier alpha value is -0.175. The first kappa shape index (κ1) is 97.2. The molecule has 0 radical (unpaired) electrons. The average Bonchev–Trinajstić information content (AvgIpc) is 3.54. The van der Waals surface area contributed by atoms with Crippen molar-refractivity contribution in [3.05, 3.63) is 0 Å². The second kappa shape index (κ2) is 82.3. The topological polar surface area (TPSA) is 69.2 Å². The molecule has 0 heterocycles. The van der Waals surface area contributed by atoms with Gasteiger partial charge in [-0.15, -0.1) is 0 Å². The molecule has 0 rings (SSSR count). The molecule has 0 bridgehead atoms. The Labute approximate surface area is 579 Å². The summed E-state index contributed by atoms with van der Waals surface area (Å²) in [5, 5.41) is 25.2. The Bertz CT molecular complexity index is 924. The van der Waals surface area contributed by atoms with Gasteiger partial charge in [-0.1, -0.05) is 314 Å². The molecule has 0 aromatic rings. The highest BCUT2D eigenvalue weighted by Crippen LogP contribution is 2.24. The Balaban J connectivity index is -0.000000604. The average molecular weight is 1290 g/mol. The van der Waals surface area contributed by atoms with Gasteiger partial charge in [-0.2, -0.15) is 0 Å². The molecule has 0 unspecified atom stereocenters. The zero-order valence-electron chi connectivity index (χ0n) is 66.1. The van der Waals surface area contributed by atoms with E-state index < -0.39 is 7.32 Å². The minimum Gasteiger partial charge on any atom is -0.907 e. The Morgan fingerprint density at radius 3 is 0.264 bits per heavy atom. The van der Waals surface area contributed by atoms with Crippen molar-refractivity contribution in [2.24, 2.45) is 0 Å². The highest BCUT2D eigenvalue weighted by Gasteiger charge is 2.28. The van der Waals surface area contributed by atoms with Crippen molar-refractivity contribution in [2.75, 3.05) is 78.5 Å². The maximum atomic E-state index is 8.42. The van der Waals surface area contributed by atoms with Gasteiger partial charge in [0.2, 0.25) is 0 Å². The van der Waals surface area contributed by atoms with E-state index in [4.69, 9.17) is 15.1 Å². The van der Waals surface area contributed by atoms with Crippen LogP contribution >= 0.6 is 0 Å². The predicted molar refractivity (Wildman–Crippen MR) is 410 cm³/mol. The molecule has 0 N–H and O–H groups in total. The molecular weight excluding hydrogens is 1110 g/mol. The molecule has 6 nitrogen and oxygen atoms in total. The molecule has 0 spiro atoms. The van der Waals surface area contributed by atoms with Crippen molar-refractivity contribution < 1.29 is 28.5 Å². The lowest BCUT2D eigenvalue weighted by molar-refractivity contribution is -0.929. The van der Waals surface area contributed by atoms with E-state index in [1.165, 1.54) is 477 Å². The molecular formula is C84H180BN3O3. The first-order valence-electron chi connectivity index (χ1n) is 43.0. The van der Waals surface area contributed by atoms with Crippen LogP contribution in [-0.4, -0.2) is 99.3 Å². The van der Waals surface area contributed by atoms with Crippen LogP contribution in [0.4, 0.5) is 0 Å². The molecule has 0 amide bonds. The van der Waals surface area contributed by atoms with Gasteiger partial charge in [-0.25, -0.2) is 0 Å². The lowest BCUT2D eigenvalue weighted by atomic mass is 10.1. The van der Waals surface area contributed by atoms with E-state index in [0.29, 0.717) is 0 Å². The summed E-state index contributed by atoms with van der Waals surface area (Å²) in [6.45, 7) is 45.7. The summed E-state index contributed by atoms with van der Waals surface area (Å²) in [4.78, 5) is 0. The molecule has 0 aliphatic heterocycles. The summed E-state index contributed by atoms with van der Waals surface area (Å²) < 4.78 is 4.41. The predicted octanol–water partition coefficient (Wildman–Crippen LogP) is 25.1. The molecule has 552 valence electrons. The van der Waals surface area contributed by atoms with Crippen molar-refractivity contribution in [1.29, 1.82) is 0 Å². The molecule has 0 saturated carbocycles. The molecule has 0 saturated heterocycles. The summed E-state index contributed by atoms with van der Waals surface area (Å²) in [5.74, 6) is 0. The number of hydrogen-bond donors (Lipinski definition) is 0. The molecule has 0 aromatic heterocycles. The normalized spacial score (nSPS) is 11.8. The Morgan fingerprint density at radius 2 is 0.198 bits per heavy atom. The molecule has 0 atom stereocenters. The van der Waals surface area contributed by atoms with Gasteiger partial charge in [0.1, 0.15) is 0 Å².